The number of halogens is 1. The maximum atomic E-state index is 6.47. The van der Waals surface area contributed by atoms with Gasteiger partial charge in [0.2, 0.25) is 0 Å². The second kappa shape index (κ2) is 6.12. The van der Waals surface area contributed by atoms with Gasteiger partial charge in [0.25, 0.3) is 0 Å². The molecule has 2 nitrogen and oxygen atoms in total. The molecule has 18 heavy (non-hydrogen) atoms. The molecule has 96 valence electrons. The number of rotatable bonds is 5. The molecular weight excluding hydrogens is 268 g/mol. The number of benzene rings is 1. The van der Waals surface area contributed by atoms with Crippen LogP contribution < -0.4 is 9.47 Å². The van der Waals surface area contributed by atoms with Crippen molar-refractivity contribution in [3.05, 3.63) is 46.2 Å². The van der Waals surface area contributed by atoms with Crippen LogP contribution in [0.5, 0.6) is 11.5 Å². The summed E-state index contributed by atoms with van der Waals surface area (Å²) in [5.41, 5.74) is 1.11. The number of alkyl halides is 1. The SMILES string of the molecule is COc1ccccc1CC(Cl)c1sccc1OC. The number of methoxy groups -OCH3 is 2. The van der Waals surface area contributed by atoms with E-state index in [1.54, 1.807) is 25.6 Å². The van der Waals surface area contributed by atoms with Crippen LogP contribution >= 0.6 is 22.9 Å². The van der Waals surface area contributed by atoms with Crippen LogP contribution in [0, 0.1) is 0 Å². The summed E-state index contributed by atoms with van der Waals surface area (Å²) in [6.07, 6.45) is 0.725. The van der Waals surface area contributed by atoms with Gasteiger partial charge in [-0.1, -0.05) is 18.2 Å². The van der Waals surface area contributed by atoms with Crippen LogP contribution in [0.3, 0.4) is 0 Å². The minimum atomic E-state index is -0.101. The smallest absolute Gasteiger partial charge is 0.134 e. The Bertz CT molecular complexity index is 510. The van der Waals surface area contributed by atoms with Crippen LogP contribution in [0.4, 0.5) is 0 Å². The highest BCUT2D eigenvalue weighted by atomic mass is 35.5. The molecule has 2 rings (SSSR count). The molecule has 1 unspecified atom stereocenters. The molecule has 4 heteroatoms. The van der Waals surface area contributed by atoms with E-state index in [1.807, 2.05) is 35.7 Å². The lowest BCUT2D eigenvalue weighted by molar-refractivity contribution is 0.406. The van der Waals surface area contributed by atoms with Gasteiger partial charge in [0.05, 0.1) is 24.5 Å². The lowest BCUT2D eigenvalue weighted by atomic mass is 10.1. The normalized spacial score (nSPS) is 12.2. The quantitative estimate of drug-likeness (QED) is 0.762. The van der Waals surface area contributed by atoms with Gasteiger partial charge in [-0.3, -0.25) is 0 Å². The van der Waals surface area contributed by atoms with Crippen molar-refractivity contribution >= 4 is 22.9 Å². The number of ether oxygens (including phenoxy) is 2. The third-order valence-electron chi connectivity index (χ3n) is 2.75. The molecule has 0 aliphatic rings. The Hall–Kier alpha value is -1.19. The molecule has 0 spiro atoms. The summed E-state index contributed by atoms with van der Waals surface area (Å²) in [7, 11) is 3.34. The molecule has 1 aromatic carbocycles. The highest BCUT2D eigenvalue weighted by Gasteiger charge is 2.17. The predicted molar refractivity (Wildman–Crippen MR) is 76.2 cm³/mol. The lowest BCUT2D eigenvalue weighted by Crippen LogP contribution is -1.98. The van der Waals surface area contributed by atoms with Crippen molar-refractivity contribution in [2.45, 2.75) is 11.8 Å². The van der Waals surface area contributed by atoms with Gasteiger partial charge in [0.1, 0.15) is 11.5 Å². The standard InChI is InChI=1S/C14H15ClO2S/c1-16-12-6-4-3-5-10(12)9-11(15)14-13(17-2)7-8-18-14/h3-8,11H,9H2,1-2H3. The van der Waals surface area contributed by atoms with Crippen molar-refractivity contribution < 1.29 is 9.47 Å². The molecule has 0 N–H and O–H groups in total. The summed E-state index contributed by atoms with van der Waals surface area (Å²) in [6.45, 7) is 0. The molecule has 0 saturated heterocycles. The van der Waals surface area contributed by atoms with E-state index >= 15 is 0 Å². The zero-order chi connectivity index (χ0) is 13.0. The largest absolute Gasteiger partial charge is 0.496 e. The molecule has 0 bridgehead atoms. The highest BCUT2D eigenvalue weighted by molar-refractivity contribution is 7.10. The van der Waals surface area contributed by atoms with E-state index in [0.717, 1.165) is 28.4 Å². The van der Waals surface area contributed by atoms with E-state index in [0.29, 0.717) is 0 Å². The molecular formula is C14H15ClO2S. The van der Waals surface area contributed by atoms with Crippen molar-refractivity contribution in [1.29, 1.82) is 0 Å². The minimum Gasteiger partial charge on any atom is -0.496 e. The molecule has 1 atom stereocenters. The Kier molecular flexibility index (Phi) is 4.50. The van der Waals surface area contributed by atoms with Crippen LogP contribution in [-0.4, -0.2) is 14.2 Å². The van der Waals surface area contributed by atoms with Gasteiger partial charge < -0.3 is 9.47 Å². The average Bonchev–Trinajstić information content (AvgIpc) is 2.87. The summed E-state index contributed by atoms with van der Waals surface area (Å²) in [6, 6.07) is 9.88. The Balaban J connectivity index is 2.18. The highest BCUT2D eigenvalue weighted by Crippen LogP contribution is 2.37. The Morgan fingerprint density at radius 1 is 1.11 bits per heavy atom. The molecule has 1 aromatic heterocycles. The van der Waals surface area contributed by atoms with Crippen LogP contribution in [-0.2, 0) is 6.42 Å². The molecule has 0 aliphatic carbocycles. The van der Waals surface area contributed by atoms with Gasteiger partial charge in [0.15, 0.2) is 0 Å². The second-order valence-corrected chi connectivity index (χ2v) is 5.31. The first-order chi connectivity index (χ1) is 8.76. The first-order valence-electron chi connectivity index (χ1n) is 5.63. The van der Waals surface area contributed by atoms with Crippen molar-refractivity contribution in [2.75, 3.05) is 14.2 Å². The summed E-state index contributed by atoms with van der Waals surface area (Å²) in [5, 5.41) is 1.89. The molecule has 0 radical (unpaired) electrons. The summed E-state index contributed by atoms with van der Waals surface area (Å²) in [5.74, 6) is 1.73. The van der Waals surface area contributed by atoms with Crippen LogP contribution in [0.2, 0.25) is 0 Å². The fourth-order valence-electron chi connectivity index (χ4n) is 1.86. The van der Waals surface area contributed by atoms with Gasteiger partial charge in [-0.2, -0.15) is 0 Å². The Morgan fingerprint density at radius 2 is 1.83 bits per heavy atom. The topological polar surface area (TPSA) is 18.5 Å². The van der Waals surface area contributed by atoms with E-state index < -0.39 is 0 Å². The molecule has 0 fully saturated rings. The fourth-order valence-corrected chi connectivity index (χ4v) is 3.13. The number of hydrogen-bond donors (Lipinski definition) is 0. The molecule has 0 amide bonds. The minimum absolute atomic E-state index is 0.101. The lowest BCUT2D eigenvalue weighted by Gasteiger charge is -2.12. The maximum Gasteiger partial charge on any atom is 0.134 e. The summed E-state index contributed by atoms with van der Waals surface area (Å²) >= 11 is 8.09. The van der Waals surface area contributed by atoms with Crippen molar-refractivity contribution in [3.8, 4) is 11.5 Å². The summed E-state index contributed by atoms with van der Waals surface area (Å²) < 4.78 is 10.6. The van der Waals surface area contributed by atoms with Gasteiger partial charge in [0, 0.05) is 0 Å². The van der Waals surface area contributed by atoms with Gasteiger partial charge in [-0.05, 0) is 29.5 Å². The molecule has 0 saturated carbocycles. The van der Waals surface area contributed by atoms with Crippen LogP contribution in [0.1, 0.15) is 15.8 Å². The van der Waals surface area contributed by atoms with E-state index in [-0.39, 0.29) is 5.38 Å². The van der Waals surface area contributed by atoms with Crippen LogP contribution in [0.15, 0.2) is 35.7 Å². The molecule has 1 heterocycles. The van der Waals surface area contributed by atoms with Gasteiger partial charge in [-0.15, -0.1) is 22.9 Å². The van der Waals surface area contributed by atoms with E-state index in [9.17, 15) is 0 Å². The van der Waals surface area contributed by atoms with E-state index in [2.05, 4.69) is 0 Å². The van der Waals surface area contributed by atoms with E-state index in [4.69, 9.17) is 21.1 Å². The number of para-hydroxylation sites is 1. The third-order valence-corrected chi connectivity index (χ3v) is 4.27. The fraction of sp³-hybridized carbons (Fsp3) is 0.286. The first kappa shape index (κ1) is 13.2. The predicted octanol–water partition coefficient (Wildman–Crippen LogP) is 4.29. The zero-order valence-electron chi connectivity index (χ0n) is 10.4. The van der Waals surface area contributed by atoms with Crippen molar-refractivity contribution in [1.82, 2.24) is 0 Å². The maximum absolute atomic E-state index is 6.47. The Morgan fingerprint density at radius 3 is 2.56 bits per heavy atom. The first-order valence-corrected chi connectivity index (χ1v) is 6.95. The van der Waals surface area contributed by atoms with E-state index in [1.165, 1.54) is 0 Å². The zero-order valence-corrected chi connectivity index (χ0v) is 11.9. The second-order valence-electron chi connectivity index (χ2n) is 3.84. The number of hydrogen-bond acceptors (Lipinski definition) is 3. The average molecular weight is 283 g/mol. The molecule has 0 aliphatic heterocycles. The Labute approximate surface area is 116 Å². The molecule has 2 aromatic rings. The van der Waals surface area contributed by atoms with Crippen molar-refractivity contribution in [3.63, 3.8) is 0 Å². The van der Waals surface area contributed by atoms with Crippen molar-refractivity contribution in [2.24, 2.45) is 0 Å². The van der Waals surface area contributed by atoms with Crippen LogP contribution in [0.25, 0.3) is 0 Å². The van der Waals surface area contributed by atoms with Gasteiger partial charge >= 0.3 is 0 Å². The summed E-state index contributed by atoms with van der Waals surface area (Å²) in [4.78, 5) is 1.06. The number of thiophene rings is 1. The van der Waals surface area contributed by atoms with Gasteiger partial charge in [-0.25, -0.2) is 0 Å². The third kappa shape index (κ3) is 2.79. The monoisotopic (exact) mass is 282 g/mol.